The zero-order valence-electron chi connectivity index (χ0n) is 12.6. The molecular formula is C16H28N2. The van der Waals surface area contributed by atoms with Crippen molar-refractivity contribution in [3.63, 3.8) is 0 Å². The molecule has 2 nitrogen and oxygen atoms in total. The van der Waals surface area contributed by atoms with Gasteiger partial charge in [0.15, 0.2) is 0 Å². The summed E-state index contributed by atoms with van der Waals surface area (Å²) in [5.41, 5.74) is 10.2. The zero-order chi connectivity index (χ0) is 13.8. The Balaban J connectivity index is 2.50. The van der Waals surface area contributed by atoms with E-state index in [-0.39, 0.29) is 5.41 Å². The third-order valence-electron chi connectivity index (χ3n) is 3.51. The molecule has 0 atom stereocenters. The predicted octanol–water partition coefficient (Wildman–Crippen LogP) is 2.76. The Hall–Kier alpha value is -0.860. The Bertz CT molecular complexity index is 383. The van der Waals surface area contributed by atoms with Crippen LogP contribution < -0.4 is 5.73 Å². The largest absolute Gasteiger partial charge is 0.330 e. The summed E-state index contributed by atoms with van der Waals surface area (Å²) in [5, 5.41) is 0. The second kappa shape index (κ2) is 6.35. The lowest BCUT2D eigenvalue weighted by Crippen LogP contribution is -2.37. The third kappa shape index (κ3) is 4.79. The Morgan fingerprint density at radius 2 is 1.89 bits per heavy atom. The number of hydrogen-bond donors (Lipinski definition) is 1. The molecule has 1 aromatic rings. The topological polar surface area (TPSA) is 29.3 Å². The summed E-state index contributed by atoms with van der Waals surface area (Å²) in [6.45, 7) is 11.7. The average molecular weight is 248 g/mol. The highest BCUT2D eigenvalue weighted by Gasteiger charge is 2.17. The summed E-state index contributed by atoms with van der Waals surface area (Å²) in [4.78, 5) is 2.38. The van der Waals surface area contributed by atoms with Gasteiger partial charge in [0.25, 0.3) is 0 Å². The van der Waals surface area contributed by atoms with E-state index in [4.69, 9.17) is 5.73 Å². The van der Waals surface area contributed by atoms with Gasteiger partial charge in [0.2, 0.25) is 0 Å². The minimum atomic E-state index is 0.205. The van der Waals surface area contributed by atoms with E-state index in [0.29, 0.717) is 0 Å². The van der Waals surface area contributed by atoms with Gasteiger partial charge < -0.3 is 10.6 Å². The lowest BCUT2D eigenvalue weighted by molar-refractivity contribution is 0.217. The average Bonchev–Trinajstić information content (AvgIpc) is 2.27. The third-order valence-corrected chi connectivity index (χ3v) is 3.51. The van der Waals surface area contributed by atoms with Crippen LogP contribution in [0.25, 0.3) is 0 Å². The van der Waals surface area contributed by atoms with Crippen molar-refractivity contribution in [2.75, 3.05) is 26.7 Å². The molecule has 2 heteroatoms. The fourth-order valence-corrected chi connectivity index (χ4v) is 2.31. The van der Waals surface area contributed by atoms with Gasteiger partial charge in [-0.05, 0) is 50.4 Å². The second-order valence-corrected chi connectivity index (χ2v) is 6.29. The number of nitrogens with two attached hydrogens (primary N) is 1. The van der Waals surface area contributed by atoms with Crippen LogP contribution in [0.4, 0.5) is 0 Å². The van der Waals surface area contributed by atoms with Crippen LogP contribution in [0.1, 0.15) is 30.5 Å². The van der Waals surface area contributed by atoms with Crippen molar-refractivity contribution < 1.29 is 0 Å². The fourth-order valence-electron chi connectivity index (χ4n) is 2.31. The van der Waals surface area contributed by atoms with Crippen LogP contribution in [0.3, 0.4) is 0 Å². The van der Waals surface area contributed by atoms with Crippen LogP contribution in [-0.4, -0.2) is 31.6 Å². The van der Waals surface area contributed by atoms with Crippen molar-refractivity contribution in [3.8, 4) is 0 Å². The highest BCUT2D eigenvalue weighted by atomic mass is 15.1. The minimum absolute atomic E-state index is 0.205. The molecule has 0 aromatic heterocycles. The zero-order valence-corrected chi connectivity index (χ0v) is 12.6. The van der Waals surface area contributed by atoms with Gasteiger partial charge in [-0.2, -0.15) is 0 Å². The lowest BCUT2D eigenvalue weighted by Gasteiger charge is -2.29. The highest BCUT2D eigenvalue weighted by Crippen LogP contribution is 2.15. The van der Waals surface area contributed by atoms with E-state index in [1.165, 1.54) is 16.7 Å². The van der Waals surface area contributed by atoms with Gasteiger partial charge in [-0.1, -0.05) is 37.6 Å². The van der Waals surface area contributed by atoms with Gasteiger partial charge in [0.05, 0.1) is 0 Å². The first-order chi connectivity index (χ1) is 8.34. The quantitative estimate of drug-likeness (QED) is 0.839. The number of nitrogens with zero attached hydrogens (tertiary/aromatic N) is 1. The summed E-state index contributed by atoms with van der Waals surface area (Å²) >= 11 is 0. The molecule has 0 amide bonds. The minimum Gasteiger partial charge on any atom is -0.330 e. The first-order valence-corrected chi connectivity index (χ1v) is 6.79. The Morgan fingerprint density at radius 1 is 1.22 bits per heavy atom. The van der Waals surface area contributed by atoms with E-state index in [0.717, 1.165) is 26.1 Å². The van der Waals surface area contributed by atoms with Gasteiger partial charge in [-0.3, -0.25) is 0 Å². The van der Waals surface area contributed by atoms with Crippen molar-refractivity contribution in [2.24, 2.45) is 11.1 Å². The molecule has 0 aliphatic carbocycles. The molecule has 1 rings (SSSR count). The maximum Gasteiger partial charge on any atom is 0.00418 e. The SMILES string of the molecule is Cc1ccc(CCN(C)CC(C)(C)CN)c(C)c1. The van der Waals surface area contributed by atoms with Gasteiger partial charge in [-0.15, -0.1) is 0 Å². The van der Waals surface area contributed by atoms with E-state index in [9.17, 15) is 0 Å². The Morgan fingerprint density at radius 3 is 2.44 bits per heavy atom. The maximum atomic E-state index is 5.78. The van der Waals surface area contributed by atoms with Crippen molar-refractivity contribution in [3.05, 3.63) is 34.9 Å². The van der Waals surface area contributed by atoms with E-state index in [1.807, 2.05) is 0 Å². The number of benzene rings is 1. The molecule has 0 fully saturated rings. The summed E-state index contributed by atoms with van der Waals surface area (Å²) in [7, 11) is 2.18. The Labute approximate surface area is 112 Å². The normalized spacial score (nSPS) is 12.2. The van der Waals surface area contributed by atoms with Crippen LogP contribution in [0.5, 0.6) is 0 Å². The van der Waals surface area contributed by atoms with E-state index >= 15 is 0 Å². The summed E-state index contributed by atoms with van der Waals surface area (Å²) in [6.07, 6.45) is 1.11. The molecule has 0 unspecified atom stereocenters. The van der Waals surface area contributed by atoms with Crippen LogP contribution in [0.2, 0.25) is 0 Å². The fraction of sp³-hybridized carbons (Fsp3) is 0.625. The van der Waals surface area contributed by atoms with Crippen molar-refractivity contribution >= 4 is 0 Å². The Kier molecular flexibility index (Phi) is 5.36. The molecule has 102 valence electrons. The summed E-state index contributed by atoms with van der Waals surface area (Å²) < 4.78 is 0. The molecule has 18 heavy (non-hydrogen) atoms. The predicted molar refractivity (Wildman–Crippen MR) is 80.0 cm³/mol. The molecular weight excluding hydrogens is 220 g/mol. The smallest absolute Gasteiger partial charge is 0.00418 e. The number of hydrogen-bond acceptors (Lipinski definition) is 2. The van der Waals surface area contributed by atoms with Gasteiger partial charge in [0.1, 0.15) is 0 Å². The van der Waals surface area contributed by atoms with E-state index in [2.05, 4.69) is 57.8 Å². The number of aryl methyl sites for hydroxylation is 2. The van der Waals surface area contributed by atoms with Crippen LogP contribution >= 0.6 is 0 Å². The van der Waals surface area contributed by atoms with Gasteiger partial charge in [-0.25, -0.2) is 0 Å². The van der Waals surface area contributed by atoms with Crippen molar-refractivity contribution in [1.82, 2.24) is 4.90 Å². The molecule has 2 N–H and O–H groups in total. The van der Waals surface area contributed by atoms with Gasteiger partial charge in [0, 0.05) is 13.1 Å². The highest BCUT2D eigenvalue weighted by molar-refractivity contribution is 5.30. The lowest BCUT2D eigenvalue weighted by atomic mass is 9.93. The van der Waals surface area contributed by atoms with Crippen molar-refractivity contribution in [1.29, 1.82) is 0 Å². The molecule has 0 heterocycles. The molecule has 1 aromatic carbocycles. The van der Waals surface area contributed by atoms with Crippen LogP contribution in [0, 0.1) is 19.3 Å². The van der Waals surface area contributed by atoms with Crippen LogP contribution in [0.15, 0.2) is 18.2 Å². The molecule has 0 spiro atoms. The van der Waals surface area contributed by atoms with E-state index < -0.39 is 0 Å². The first kappa shape index (κ1) is 15.2. The molecule has 0 aliphatic rings. The van der Waals surface area contributed by atoms with Crippen LogP contribution in [-0.2, 0) is 6.42 Å². The molecule has 0 saturated carbocycles. The number of likely N-dealkylation sites (N-methyl/N-ethyl adjacent to an activating group) is 1. The number of rotatable bonds is 6. The summed E-state index contributed by atoms with van der Waals surface area (Å²) in [5.74, 6) is 0. The standard InChI is InChI=1S/C16H28N2/c1-13-6-7-15(14(2)10-13)8-9-18(5)12-16(3,4)11-17/h6-7,10H,8-9,11-12,17H2,1-5H3. The summed E-state index contributed by atoms with van der Waals surface area (Å²) in [6, 6.07) is 6.72. The first-order valence-electron chi connectivity index (χ1n) is 6.79. The molecule has 0 bridgehead atoms. The van der Waals surface area contributed by atoms with E-state index in [1.54, 1.807) is 0 Å². The molecule has 0 saturated heterocycles. The molecule has 0 aliphatic heterocycles. The second-order valence-electron chi connectivity index (χ2n) is 6.29. The molecule has 0 radical (unpaired) electrons. The maximum absolute atomic E-state index is 5.78. The van der Waals surface area contributed by atoms with Crippen molar-refractivity contribution in [2.45, 2.75) is 34.1 Å². The van der Waals surface area contributed by atoms with Gasteiger partial charge >= 0.3 is 0 Å². The monoisotopic (exact) mass is 248 g/mol.